The van der Waals surface area contributed by atoms with E-state index < -0.39 is 12.1 Å². The van der Waals surface area contributed by atoms with Gasteiger partial charge in [0.15, 0.2) is 11.6 Å². The Morgan fingerprint density at radius 3 is 2.53 bits per heavy atom. The molecule has 8 atom stereocenters. The Hall–Kier alpha value is -2.39. The van der Waals surface area contributed by atoms with Crippen LogP contribution in [0.1, 0.15) is 99.3 Å². The summed E-state index contributed by atoms with van der Waals surface area (Å²) in [6, 6.07) is 2.18. The Balaban J connectivity index is 1.51. The number of hydrogen-bond acceptors (Lipinski definition) is 5. The maximum absolute atomic E-state index is 14.8. The van der Waals surface area contributed by atoms with E-state index in [1.54, 1.807) is 0 Å². The van der Waals surface area contributed by atoms with Crippen molar-refractivity contribution in [3.8, 4) is 6.07 Å². The standard InChI is InChI=1S/C37H49FN2O3/c1-23-26-10-11-35(5)29(34(26,4)18-24(21-39)32(23)42)17-28(41)31-27-19-33(2,3)12-14-37(27,15-13-36(31,35)6)30-22-43-16-8-7-9-25(20-38)40-30/h9,17-18,23,26-27,31H,7-8,10-16,19-20,22H2,1-6H3/b25-9+,40-30?/t23-,26?,27?,31-,34-,35+,36+,37-/m0/s1. The lowest BCUT2D eigenvalue weighted by atomic mass is 9.34. The van der Waals surface area contributed by atoms with Crippen LogP contribution in [0.15, 0.2) is 40.1 Å². The van der Waals surface area contributed by atoms with Crippen molar-refractivity contribution in [1.82, 2.24) is 0 Å². The minimum Gasteiger partial charge on any atom is -0.375 e. The van der Waals surface area contributed by atoms with Gasteiger partial charge in [0.05, 0.1) is 23.6 Å². The van der Waals surface area contributed by atoms with E-state index in [0.29, 0.717) is 18.9 Å². The highest BCUT2D eigenvalue weighted by atomic mass is 19.1. The van der Waals surface area contributed by atoms with Crippen molar-refractivity contribution in [2.45, 2.75) is 99.3 Å². The van der Waals surface area contributed by atoms with E-state index in [9.17, 15) is 19.2 Å². The van der Waals surface area contributed by atoms with Gasteiger partial charge in [-0.15, -0.1) is 0 Å². The first kappa shape index (κ1) is 30.6. The monoisotopic (exact) mass is 588 g/mol. The van der Waals surface area contributed by atoms with Gasteiger partial charge in [0.2, 0.25) is 0 Å². The first-order chi connectivity index (χ1) is 20.3. The van der Waals surface area contributed by atoms with Crippen LogP contribution in [0.4, 0.5) is 4.39 Å². The number of rotatable bonds is 2. The third kappa shape index (κ3) is 4.34. The lowest BCUT2D eigenvalue weighted by Crippen LogP contribution is -2.65. The Bertz CT molecular complexity index is 1400. The average molecular weight is 589 g/mol. The maximum Gasteiger partial charge on any atom is 0.176 e. The minimum absolute atomic E-state index is 0.0630. The van der Waals surface area contributed by atoms with Gasteiger partial charge in [0, 0.05) is 29.3 Å². The van der Waals surface area contributed by atoms with Crippen molar-refractivity contribution >= 4 is 17.3 Å². The van der Waals surface area contributed by atoms with Crippen LogP contribution in [0.25, 0.3) is 0 Å². The zero-order valence-electron chi connectivity index (χ0n) is 27.0. The van der Waals surface area contributed by atoms with E-state index in [4.69, 9.17) is 9.73 Å². The van der Waals surface area contributed by atoms with Crippen molar-refractivity contribution in [2.24, 2.45) is 55.7 Å². The topological polar surface area (TPSA) is 79.5 Å². The van der Waals surface area contributed by atoms with Gasteiger partial charge >= 0.3 is 0 Å². The first-order valence-corrected chi connectivity index (χ1v) is 16.6. The van der Waals surface area contributed by atoms with Gasteiger partial charge in [-0.3, -0.25) is 14.6 Å². The van der Waals surface area contributed by atoms with Crippen LogP contribution in [0, 0.1) is 62.1 Å². The molecular weight excluding hydrogens is 539 g/mol. The van der Waals surface area contributed by atoms with Crippen molar-refractivity contribution < 1.29 is 18.7 Å². The summed E-state index contributed by atoms with van der Waals surface area (Å²) in [5.41, 5.74) is 1.57. The molecule has 6 heteroatoms. The largest absolute Gasteiger partial charge is 0.375 e. The maximum atomic E-state index is 14.8. The number of ketones is 2. The fourth-order valence-electron chi connectivity index (χ4n) is 11.0. The SMILES string of the molecule is C[C@@H]1C(=O)C(C#N)=C[C@]2(C)C3=CC(=O)[C@@H]4C5CC(C)(C)CC[C@]5(C5=N/C(CF)=C/CCCOC5)CC[C@@]4(C)[C@]3(C)CCC12. The van der Waals surface area contributed by atoms with E-state index in [2.05, 4.69) is 40.7 Å². The van der Waals surface area contributed by atoms with Crippen molar-refractivity contribution in [3.63, 3.8) is 0 Å². The minimum atomic E-state index is -0.584. The molecule has 5 nitrogen and oxygen atoms in total. The number of allylic oxidation sites excluding steroid dienone is 6. The van der Waals surface area contributed by atoms with E-state index in [1.165, 1.54) is 0 Å². The predicted octanol–water partition coefficient (Wildman–Crippen LogP) is 7.92. The smallest absolute Gasteiger partial charge is 0.176 e. The molecule has 0 aromatic carbocycles. The van der Waals surface area contributed by atoms with Crippen LogP contribution in [0.2, 0.25) is 0 Å². The van der Waals surface area contributed by atoms with Gasteiger partial charge in [0.1, 0.15) is 12.7 Å². The fraction of sp³-hybridized carbons (Fsp3) is 0.730. The number of Topliss-reactive ketones (excluding diaryl/α,β-unsaturated/α-hetero) is 1. The number of fused-ring (bicyclic) bond motifs is 7. The molecular formula is C37H49FN2O3. The quantitative estimate of drug-likeness (QED) is 0.328. The molecule has 0 aromatic rings. The summed E-state index contributed by atoms with van der Waals surface area (Å²) in [4.78, 5) is 32.8. The molecule has 0 spiro atoms. The molecule has 3 saturated carbocycles. The zero-order chi connectivity index (χ0) is 31.0. The predicted molar refractivity (Wildman–Crippen MR) is 166 cm³/mol. The fourth-order valence-corrected chi connectivity index (χ4v) is 11.0. The summed E-state index contributed by atoms with van der Waals surface area (Å²) < 4.78 is 20.4. The number of carbonyl (C=O) groups is 2. The normalized spacial score (nSPS) is 45.5. The molecule has 0 bridgehead atoms. The summed E-state index contributed by atoms with van der Waals surface area (Å²) in [6.07, 6.45) is 13.9. The molecule has 0 radical (unpaired) electrons. The second-order valence-electron chi connectivity index (χ2n) is 16.2. The van der Waals surface area contributed by atoms with Gasteiger partial charge < -0.3 is 4.74 Å². The Kier molecular flexibility index (Phi) is 7.36. The number of carbonyl (C=O) groups excluding carboxylic acids is 2. The Morgan fingerprint density at radius 2 is 1.81 bits per heavy atom. The van der Waals surface area contributed by atoms with Gasteiger partial charge in [-0.2, -0.15) is 5.26 Å². The number of halogens is 1. The summed E-state index contributed by atoms with van der Waals surface area (Å²) >= 11 is 0. The van der Waals surface area contributed by atoms with Crippen molar-refractivity contribution in [2.75, 3.05) is 19.9 Å². The van der Waals surface area contributed by atoms with Gasteiger partial charge in [0.25, 0.3) is 0 Å². The highest BCUT2D eigenvalue weighted by Gasteiger charge is 2.69. The molecule has 6 rings (SSSR count). The van der Waals surface area contributed by atoms with Crippen LogP contribution in [-0.4, -0.2) is 37.2 Å². The van der Waals surface area contributed by atoms with Crippen LogP contribution < -0.4 is 0 Å². The lowest BCUT2D eigenvalue weighted by Gasteiger charge is -2.69. The van der Waals surface area contributed by atoms with E-state index >= 15 is 0 Å². The number of ether oxygens (including phenoxy) is 1. The number of nitriles is 1. The van der Waals surface area contributed by atoms with Crippen LogP contribution in [0.3, 0.4) is 0 Å². The summed E-state index contributed by atoms with van der Waals surface area (Å²) in [5, 5.41) is 9.88. The molecule has 0 saturated heterocycles. The molecule has 0 aromatic heterocycles. The zero-order valence-corrected chi connectivity index (χ0v) is 27.0. The first-order valence-electron chi connectivity index (χ1n) is 16.6. The number of alkyl halides is 1. The summed E-state index contributed by atoms with van der Waals surface area (Å²) in [6.45, 7) is 14.0. The molecule has 3 fully saturated rings. The number of nitrogens with zero attached hydrogens (tertiary/aromatic N) is 2. The van der Waals surface area contributed by atoms with Crippen LogP contribution >= 0.6 is 0 Å². The summed E-state index contributed by atoms with van der Waals surface area (Å²) in [5.74, 6) is -0.128. The second kappa shape index (κ2) is 10.3. The van der Waals surface area contributed by atoms with Gasteiger partial charge in [-0.05, 0) is 91.9 Å². The Morgan fingerprint density at radius 1 is 1.07 bits per heavy atom. The average Bonchev–Trinajstić information content (AvgIpc) is 3.08. The molecule has 2 unspecified atom stereocenters. The molecule has 43 heavy (non-hydrogen) atoms. The molecule has 0 amide bonds. The van der Waals surface area contributed by atoms with Crippen molar-refractivity contribution in [3.05, 3.63) is 35.1 Å². The highest BCUT2D eigenvalue weighted by molar-refractivity contribution is 6.03. The third-order valence-electron chi connectivity index (χ3n) is 13.6. The molecule has 0 N–H and O–H groups in total. The molecule has 5 aliphatic carbocycles. The molecule has 232 valence electrons. The Labute approximate surface area is 257 Å². The highest BCUT2D eigenvalue weighted by Crippen LogP contribution is 2.74. The lowest BCUT2D eigenvalue weighted by molar-refractivity contribution is -0.159. The van der Waals surface area contributed by atoms with E-state index in [-0.39, 0.29) is 62.5 Å². The van der Waals surface area contributed by atoms with Gasteiger partial charge in [-0.1, -0.05) is 59.3 Å². The van der Waals surface area contributed by atoms with Crippen molar-refractivity contribution in [1.29, 1.82) is 5.26 Å². The third-order valence-corrected chi connectivity index (χ3v) is 13.6. The van der Waals surface area contributed by atoms with Crippen LogP contribution in [0.5, 0.6) is 0 Å². The van der Waals surface area contributed by atoms with E-state index in [1.807, 2.05) is 25.2 Å². The van der Waals surface area contributed by atoms with E-state index in [0.717, 1.165) is 69.1 Å². The molecule has 1 heterocycles. The molecule has 1 aliphatic heterocycles. The summed E-state index contributed by atoms with van der Waals surface area (Å²) in [7, 11) is 0. The van der Waals surface area contributed by atoms with Crippen LogP contribution in [-0.2, 0) is 14.3 Å². The van der Waals surface area contributed by atoms with Gasteiger partial charge in [-0.25, -0.2) is 4.39 Å². The number of aliphatic imine (C=N–C) groups is 1. The molecule has 6 aliphatic rings. The second-order valence-corrected chi connectivity index (χ2v) is 16.2. The number of hydrogen-bond donors (Lipinski definition) is 0.